The molecule has 2 aromatic carbocycles. The van der Waals surface area contributed by atoms with E-state index in [0.717, 1.165) is 6.07 Å². The summed E-state index contributed by atoms with van der Waals surface area (Å²) < 4.78 is 93.1. The van der Waals surface area contributed by atoms with E-state index < -0.39 is 60.8 Å². The average molecular weight is 688 g/mol. The number of carboxylic acids is 1. The number of cyclic esters (lactones) is 1. The van der Waals surface area contributed by atoms with E-state index in [1.807, 2.05) is 0 Å². The lowest BCUT2D eigenvalue weighted by atomic mass is 9.96. The minimum atomic E-state index is -4.85. The van der Waals surface area contributed by atoms with Crippen molar-refractivity contribution in [2.24, 2.45) is 0 Å². The number of rotatable bonds is 8. The lowest BCUT2D eigenvalue weighted by Crippen LogP contribution is -2.57. The van der Waals surface area contributed by atoms with E-state index >= 15 is 0 Å². The Morgan fingerprint density at radius 1 is 1.06 bits per heavy atom. The minimum absolute atomic E-state index is 0.0513. The number of aryl methyl sites for hydroxylation is 1. The summed E-state index contributed by atoms with van der Waals surface area (Å²) in [7, 11) is 1.37. The molecule has 4 aromatic rings. The normalized spacial score (nSPS) is 18.7. The molecule has 0 saturated carbocycles. The molecule has 256 valence electrons. The molecule has 0 bridgehead atoms. The van der Waals surface area contributed by atoms with E-state index in [0.29, 0.717) is 34.4 Å². The number of hydrogen-bond acceptors (Lipinski definition) is 8. The summed E-state index contributed by atoms with van der Waals surface area (Å²) in [5, 5.41) is 9.38. The van der Waals surface area contributed by atoms with E-state index in [1.165, 1.54) is 48.4 Å². The Kier molecular flexibility index (Phi) is 8.36. The second kappa shape index (κ2) is 12.2. The van der Waals surface area contributed by atoms with Crippen molar-refractivity contribution in [3.05, 3.63) is 88.6 Å². The summed E-state index contributed by atoms with van der Waals surface area (Å²) in [6, 6.07) is 7.24. The number of ether oxygens (including phenoxy) is 2. The third-order valence-electron chi connectivity index (χ3n) is 8.39. The molecule has 2 aliphatic heterocycles. The quantitative estimate of drug-likeness (QED) is 0.197. The highest BCUT2D eigenvalue weighted by Gasteiger charge is 2.46. The number of amides is 1. The van der Waals surface area contributed by atoms with Gasteiger partial charge in [0, 0.05) is 29.1 Å². The zero-order chi connectivity index (χ0) is 35.4. The van der Waals surface area contributed by atoms with Gasteiger partial charge in [-0.15, -0.1) is 0 Å². The van der Waals surface area contributed by atoms with Crippen LogP contribution in [0, 0.1) is 12.7 Å². The molecule has 1 amide bonds. The predicted molar refractivity (Wildman–Crippen MR) is 162 cm³/mol. The SMILES string of the molecule is COc1ncc(-c2ccc(C(=O)O)cc2C)cc1-c1cnc(N2CC(F)(F)C2)nc1CN1C(=O)OC(c2cc(F)cc(C(F)(F)F)c2)C1C. The summed E-state index contributed by atoms with van der Waals surface area (Å²) in [6.07, 6.45) is -4.17. The molecule has 2 aliphatic rings. The van der Waals surface area contributed by atoms with Gasteiger partial charge in [-0.2, -0.15) is 13.2 Å². The molecule has 16 heteroatoms. The number of pyridine rings is 1. The van der Waals surface area contributed by atoms with Crippen LogP contribution in [0.1, 0.15) is 45.8 Å². The number of carboxylic acid groups (broad SMARTS) is 1. The number of methoxy groups -OCH3 is 1. The molecule has 0 aliphatic carbocycles. The first-order valence-electron chi connectivity index (χ1n) is 14.8. The summed E-state index contributed by atoms with van der Waals surface area (Å²) >= 11 is 0. The van der Waals surface area contributed by atoms with Gasteiger partial charge in [-0.1, -0.05) is 6.07 Å². The Morgan fingerprint density at radius 2 is 1.80 bits per heavy atom. The maximum absolute atomic E-state index is 14.3. The van der Waals surface area contributed by atoms with E-state index in [1.54, 1.807) is 19.1 Å². The molecule has 6 rings (SSSR count). The first-order chi connectivity index (χ1) is 23.0. The van der Waals surface area contributed by atoms with Gasteiger partial charge in [-0.25, -0.2) is 37.7 Å². The van der Waals surface area contributed by atoms with Crippen molar-refractivity contribution in [2.75, 3.05) is 25.1 Å². The van der Waals surface area contributed by atoms with Crippen molar-refractivity contribution in [3.8, 4) is 28.1 Å². The van der Waals surface area contributed by atoms with Gasteiger partial charge in [-0.05, 0) is 66.9 Å². The molecule has 2 fully saturated rings. The Hall–Kier alpha value is -5.41. The van der Waals surface area contributed by atoms with Crippen molar-refractivity contribution in [1.29, 1.82) is 0 Å². The van der Waals surface area contributed by atoms with Crippen LogP contribution in [0.4, 0.5) is 37.1 Å². The second-order valence-corrected chi connectivity index (χ2v) is 11.8. The van der Waals surface area contributed by atoms with Crippen LogP contribution in [0.3, 0.4) is 0 Å². The fraction of sp³-hybridized carbons (Fsp3) is 0.303. The van der Waals surface area contributed by atoms with Crippen LogP contribution in [-0.4, -0.2) is 69.2 Å². The second-order valence-electron chi connectivity index (χ2n) is 11.8. The fourth-order valence-electron chi connectivity index (χ4n) is 5.89. The van der Waals surface area contributed by atoms with Crippen LogP contribution in [0.25, 0.3) is 22.3 Å². The number of carbonyl (C=O) groups is 2. The molecule has 0 radical (unpaired) electrons. The number of alkyl halides is 5. The highest BCUT2D eigenvalue weighted by Crippen LogP contribution is 2.40. The van der Waals surface area contributed by atoms with Gasteiger partial charge in [0.15, 0.2) is 0 Å². The van der Waals surface area contributed by atoms with Crippen LogP contribution >= 0.6 is 0 Å². The lowest BCUT2D eigenvalue weighted by Gasteiger charge is -2.38. The molecular weight excluding hydrogens is 660 g/mol. The van der Waals surface area contributed by atoms with Crippen LogP contribution in [-0.2, 0) is 17.5 Å². The third kappa shape index (κ3) is 6.54. The van der Waals surface area contributed by atoms with Crippen LogP contribution < -0.4 is 9.64 Å². The number of nitrogens with zero attached hydrogens (tertiary/aromatic N) is 5. The molecule has 1 N–H and O–H groups in total. The number of aromatic nitrogens is 3. The van der Waals surface area contributed by atoms with E-state index in [9.17, 15) is 41.0 Å². The zero-order valence-electron chi connectivity index (χ0n) is 26.1. The van der Waals surface area contributed by atoms with Gasteiger partial charge in [0.1, 0.15) is 11.9 Å². The van der Waals surface area contributed by atoms with Crippen molar-refractivity contribution in [3.63, 3.8) is 0 Å². The predicted octanol–water partition coefficient (Wildman–Crippen LogP) is 6.92. The standard InChI is InChI=1S/C33H27F6N5O5/c1-16-6-18(29(45)46)4-5-23(16)20-9-24(28(48-3)40-11-20)25-12-41-30(43-14-32(35,36)15-43)42-26(25)13-44-17(2)27(49-31(44)47)19-7-21(33(37,38)39)10-22(34)8-19/h4-12,17,27H,13-15H2,1-3H3,(H,45,46). The average Bonchev–Trinajstić information content (AvgIpc) is 3.31. The molecule has 4 heterocycles. The van der Waals surface area contributed by atoms with Crippen LogP contribution in [0.2, 0.25) is 0 Å². The van der Waals surface area contributed by atoms with Crippen molar-refractivity contribution < 1.29 is 50.5 Å². The topological polar surface area (TPSA) is 118 Å². The molecule has 2 saturated heterocycles. The first-order valence-corrected chi connectivity index (χ1v) is 14.8. The molecule has 10 nitrogen and oxygen atoms in total. The highest BCUT2D eigenvalue weighted by molar-refractivity contribution is 5.89. The smallest absolute Gasteiger partial charge is 0.416 e. The number of hydrogen-bond donors (Lipinski definition) is 1. The lowest BCUT2D eigenvalue weighted by molar-refractivity contribution is -0.137. The molecule has 2 unspecified atom stereocenters. The minimum Gasteiger partial charge on any atom is -0.481 e. The number of aromatic carboxylic acids is 1. The van der Waals surface area contributed by atoms with Crippen molar-refractivity contribution in [2.45, 2.75) is 44.6 Å². The Balaban J connectivity index is 1.41. The Labute approximate surface area is 274 Å². The molecule has 2 aromatic heterocycles. The first kappa shape index (κ1) is 33.5. The Bertz CT molecular complexity index is 1970. The van der Waals surface area contributed by atoms with Gasteiger partial charge < -0.3 is 19.5 Å². The highest BCUT2D eigenvalue weighted by atomic mass is 19.4. The van der Waals surface area contributed by atoms with E-state index in [-0.39, 0.29) is 40.8 Å². The van der Waals surface area contributed by atoms with Gasteiger partial charge >= 0.3 is 18.2 Å². The molecular formula is C33H27F6N5O5. The fourth-order valence-corrected chi connectivity index (χ4v) is 5.89. The zero-order valence-corrected chi connectivity index (χ0v) is 26.1. The summed E-state index contributed by atoms with van der Waals surface area (Å²) in [6.45, 7) is 1.65. The molecule has 49 heavy (non-hydrogen) atoms. The number of anilines is 1. The van der Waals surface area contributed by atoms with Gasteiger partial charge in [-0.3, -0.25) is 4.90 Å². The Morgan fingerprint density at radius 3 is 2.43 bits per heavy atom. The van der Waals surface area contributed by atoms with Crippen molar-refractivity contribution >= 4 is 18.0 Å². The van der Waals surface area contributed by atoms with E-state index in [2.05, 4.69) is 15.0 Å². The largest absolute Gasteiger partial charge is 0.481 e. The maximum atomic E-state index is 14.3. The number of benzene rings is 2. The summed E-state index contributed by atoms with van der Waals surface area (Å²) in [5.74, 6) is -5.14. The van der Waals surface area contributed by atoms with Crippen molar-refractivity contribution in [1.82, 2.24) is 19.9 Å². The number of carbonyl (C=O) groups excluding carboxylic acids is 1. The third-order valence-corrected chi connectivity index (χ3v) is 8.39. The van der Waals surface area contributed by atoms with E-state index in [4.69, 9.17) is 9.47 Å². The van der Waals surface area contributed by atoms with Gasteiger partial charge in [0.05, 0.1) is 49.6 Å². The maximum Gasteiger partial charge on any atom is 0.416 e. The van der Waals surface area contributed by atoms with Crippen LogP contribution in [0.15, 0.2) is 54.9 Å². The van der Waals surface area contributed by atoms with Crippen LogP contribution in [0.5, 0.6) is 5.88 Å². The number of halogens is 6. The molecule has 0 spiro atoms. The summed E-state index contributed by atoms with van der Waals surface area (Å²) in [5.41, 5.74) is 1.26. The van der Waals surface area contributed by atoms with Gasteiger partial charge in [0.2, 0.25) is 11.8 Å². The molecule has 2 atom stereocenters. The van der Waals surface area contributed by atoms with Gasteiger partial charge in [0.25, 0.3) is 5.92 Å². The summed E-state index contributed by atoms with van der Waals surface area (Å²) in [4.78, 5) is 40.3. The monoisotopic (exact) mass is 687 g/mol.